The minimum atomic E-state index is -0.724. The highest BCUT2D eigenvalue weighted by molar-refractivity contribution is 5.91. The first-order valence-corrected chi connectivity index (χ1v) is 10.3. The van der Waals surface area contributed by atoms with Crippen molar-refractivity contribution >= 4 is 5.91 Å². The van der Waals surface area contributed by atoms with Crippen molar-refractivity contribution in [2.45, 2.75) is 84.6 Å². The molecule has 0 aromatic carbocycles. The number of nitrogens with two attached hydrogens (primary N) is 1. The van der Waals surface area contributed by atoms with Gasteiger partial charge in [-0.2, -0.15) is 0 Å². The second-order valence-corrected chi connectivity index (χ2v) is 8.93. The second kappa shape index (κ2) is 9.08. The van der Waals surface area contributed by atoms with Crippen molar-refractivity contribution in [3.8, 4) is 0 Å². The van der Waals surface area contributed by atoms with Crippen molar-refractivity contribution in [1.29, 1.82) is 0 Å². The Morgan fingerprint density at radius 2 is 1.86 bits per heavy atom. The Labute approximate surface area is 168 Å². The van der Waals surface area contributed by atoms with Gasteiger partial charge in [0.15, 0.2) is 5.79 Å². The number of aliphatic hydroxyl groups excluding tert-OH is 2. The van der Waals surface area contributed by atoms with Crippen LogP contribution in [-0.4, -0.2) is 46.3 Å². The molecule has 2 saturated heterocycles. The van der Waals surface area contributed by atoms with Crippen LogP contribution in [0.4, 0.5) is 0 Å². The van der Waals surface area contributed by atoms with Crippen LogP contribution in [0, 0.1) is 23.7 Å². The lowest BCUT2D eigenvalue weighted by Gasteiger charge is -2.45. The number of hydrogen-bond acceptors (Lipinski definition) is 5. The van der Waals surface area contributed by atoms with Crippen LogP contribution in [-0.2, 0) is 14.3 Å². The molecule has 0 aliphatic carbocycles. The third kappa shape index (κ3) is 5.03. The van der Waals surface area contributed by atoms with Crippen LogP contribution in [0.25, 0.3) is 0 Å². The highest BCUT2D eigenvalue weighted by Gasteiger charge is 2.51. The van der Waals surface area contributed by atoms with E-state index in [1.807, 2.05) is 33.8 Å². The van der Waals surface area contributed by atoms with Crippen LogP contribution in [0.15, 0.2) is 23.8 Å². The van der Waals surface area contributed by atoms with E-state index in [1.54, 1.807) is 19.1 Å². The minimum absolute atomic E-state index is 0.108. The minimum Gasteiger partial charge on any atom is -0.392 e. The van der Waals surface area contributed by atoms with Gasteiger partial charge in [0.2, 0.25) is 5.91 Å². The summed E-state index contributed by atoms with van der Waals surface area (Å²) in [5.74, 6) is -1.47. The van der Waals surface area contributed by atoms with Crippen molar-refractivity contribution < 1.29 is 24.5 Å². The molecule has 160 valence electrons. The molecular weight excluding hydrogens is 358 g/mol. The first-order chi connectivity index (χ1) is 13.0. The first-order valence-electron chi connectivity index (χ1n) is 10.3. The lowest BCUT2D eigenvalue weighted by molar-refractivity contribution is -0.309. The zero-order chi connectivity index (χ0) is 21.2. The molecule has 1 amide bonds. The normalized spacial score (nSPS) is 36.1. The standard InChI is InChI=1S/C22H37NO5/c1-12(8-7-9-13(2)21(23)26)18(24)15(4)19(25)16(5)20-14(3)17-10-11-22(6,27-17)28-20/h7-9,12,14-20,24-25H,10-11H2,1-6H3,(H2,23,26)/b8-7-,13-9+/t12-,14+,15+,16+,17+,18-,19+,20+,22-/m0/s1. The number of primary amides is 1. The van der Waals surface area contributed by atoms with Crippen LogP contribution in [0.5, 0.6) is 0 Å². The number of amides is 1. The van der Waals surface area contributed by atoms with Gasteiger partial charge in [0, 0.05) is 35.7 Å². The Bertz CT molecular complexity index is 618. The average molecular weight is 396 g/mol. The number of carbonyl (C=O) groups excluding carboxylic acids is 1. The molecule has 4 N–H and O–H groups in total. The van der Waals surface area contributed by atoms with Crippen LogP contribution < -0.4 is 5.73 Å². The molecule has 2 fully saturated rings. The van der Waals surface area contributed by atoms with E-state index in [0.29, 0.717) is 5.57 Å². The fourth-order valence-electron chi connectivity index (χ4n) is 4.42. The summed E-state index contributed by atoms with van der Waals surface area (Å²) in [4.78, 5) is 11.0. The fourth-order valence-corrected chi connectivity index (χ4v) is 4.42. The van der Waals surface area contributed by atoms with Crippen LogP contribution in [0.2, 0.25) is 0 Å². The smallest absolute Gasteiger partial charge is 0.244 e. The summed E-state index contributed by atoms with van der Waals surface area (Å²) in [7, 11) is 0. The zero-order valence-corrected chi connectivity index (χ0v) is 18.0. The molecule has 2 rings (SSSR count). The molecular formula is C22H37NO5. The Balaban J connectivity index is 2.00. The molecule has 2 bridgehead atoms. The van der Waals surface area contributed by atoms with Crippen molar-refractivity contribution in [2.24, 2.45) is 29.4 Å². The summed E-state index contributed by atoms with van der Waals surface area (Å²) in [6.45, 7) is 11.5. The van der Waals surface area contributed by atoms with Crippen LogP contribution in [0.1, 0.15) is 54.4 Å². The van der Waals surface area contributed by atoms with E-state index in [-0.39, 0.29) is 35.9 Å². The molecule has 9 atom stereocenters. The van der Waals surface area contributed by atoms with Crippen LogP contribution >= 0.6 is 0 Å². The molecule has 0 aromatic rings. The van der Waals surface area contributed by atoms with Gasteiger partial charge < -0.3 is 25.4 Å². The third-order valence-electron chi connectivity index (χ3n) is 6.60. The maximum Gasteiger partial charge on any atom is 0.244 e. The zero-order valence-electron chi connectivity index (χ0n) is 18.0. The van der Waals surface area contributed by atoms with Gasteiger partial charge in [-0.3, -0.25) is 4.79 Å². The van der Waals surface area contributed by atoms with Crippen molar-refractivity contribution in [3.05, 3.63) is 23.8 Å². The SMILES string of the molecule is C/C(=C\C=C/[C@H](C)[C@H](O)[C@@H](C)[C@@H](O)[C@@H](C)[C@@H]1O[C@@]2(C)CC[C@@H](O2)[C@H]1C)C(N)=O. The summed E-state index contributed by atoms with van der Waals surface area (Å²) in [6, 6.07) is 0. The van der Waals surface area contributed by atoms with Crippen LogP contribution in [0.3, 0.4) is 0 Å². The van der Waals surface area contributed by atoms with E-state index in [2.05, 4.69) is 6.92 Å². The lowest BCUT2D eigenvalue weighted by atomic mass is 9.78. The molecule has 0 aromatic heterocycles. The largest absolute Gasteiger partial charge is 0.392 e. The monoisotopic (exact) mass is 395 g/mol. The van der Waals surface area contributed by atoms with Gasteiger partial charge in [-0.25, -0.2) is 0 Å². The summed E-state index contributed by atoms with van der Waals surface area (Å²) >= 11 is 0. The Hall–Kier alpha value is -1.21. The van der Waals surface area contributed by atoms with Gasteiger partial charge in [-0.05, 0) is 20.3 Å². The summed E-state index contributed by atoms with van der Waals surface area (Å²) in [6.07, 6.45) is 5.65. The van der Waals surface area contributed by atoms with Crippen molar-refractivity contribution in [3.63, 3.8) is 0 Å². The summed E-state index contributed by atoms with van der Waals surface area (Å²) in [5, 5.41) is 21.7. The van der Waals surface area contributed by atoms with E-state index in [9.17, 15) is 15.0 Å². The maximum absolute atomic E-state index is 11.0. The highest BCUT2D eigenvalue weighted by atomic mass is 16.7. The predicted octanol–water partition coefficient (Wildman–Crippen LogP) is 2.53. The Kier molecular flexibility index (Phi) is 7.48. The molecule has 0 spiro atoms. The number of carbonyl (C=O) groups is 1. The third-order valence-corrected chi connectivity index (χ3v) is 6.60. The molecule has 0 unspecified atom stereocenters. The van der Waals surface area contributed by atoms with E-state index in [0.717, 1.165) is 12.8 Å². The fraction of sp³-hybridized carbons (Fsp3) is 0.773. The van der Waals surface area contributed by atoms with Gasteiger partial charge in [-0.15, -0.1) is 0 Å². The predicted molar refractivity (Wildman–Crippen MR) is 108 cm³/mol. The van der Waals surface area contributed by atoms with Gasteiger partial charge >= 0.3 is 0 Å². The van der Waals surface area contributed by atoms with E-state index >= 15 is 0 Å². The molecule has 2 aliphatic rings. The molecule has 2 aliphatic heterocycles. The van der Waals surface area contributed by atoms with Gasteiger partial charge in [0.05, 0.1) is 24.4 Å². The van der Waals surface area contributed by atoms with Crippen molar-refractivity contribution in [1.82, 2.24) is 0 Å². The summed E-state index contributed by atoms with van der Waals surface area (Å²) < 4.78 is 12.2. The van der Waals surface area contributed by atoms with Gasteiger partial charge in [0.25, 0.3) is 0 Å². The van der Waals surface area contributed by atoms with E-state index < -0.39 is 23.9 Å². The lowest BCUT2D eigenvalue weighted by Crippen LogP contribution is -2.52. The second-order valence-electron chi connectivity index (χ2n) is 8.93. The molecule has 0 saturated carbocycles. The quantitative estimate of drug-likeness (QED) is 0.433. The highest BCUT2D eigenvalue weighted by Crippen LogP contribution is 2.45. The Morgan fingerprint density at radius 3 is 2.46 bits per heavy atom. The number of aliphatic hydroxyl groups is 2. The average Bonchev–Trinajstić information content (AvgIpc) is 2.99. The molecule has 2 heterocycles. The number of fused-ring (bicyclic) bond motifs is 2. The number of rotatable bonds is 8. The molecule has 0 radical (unpaired) electrons. The van der Waals surface area contributed by atoms with Crippen molar-refractivity contribution in [2.75, 3.05) is 0 Å². The van der Waals surface area contributed by atoms with Gasteiger partial charge in [-0.1, -0.05) is 45.9 Å². The number of hydrogen-bond donors (Lipinski definition) is 3. The van der Waals surface area contributed by atoms with E-state index in [4.69, 9.17) is 15.2 Å². The molecule has 28 heavy (non-hydrogen) atoms. The first kappa shape index (κ1) is 23.1. The van der Waals surface area contributed by atoms with Gasteiger partial charge in [0.1, 0.15) is 0 Å². The molecule has 6 nitrogen and oxygen atoms in total. The molecule has 6 heteroatoms. The summed E-state index contributed by atoms with van der Waals surface area (Å²) in [5.41, 5.74) is 5.66. The number of ether oxygens (including phenoxy) is 2. The topological polar surface area (TPSA) is 102 Å². The maximum atomic E-state index is 11.0. The van der Waals surface area contributed by atoms with E-state index in [1.165, 1.54) is 0 Å². The number of allylic oxidation sites excluding steroid dienone is 2. The Morgan fingerprint density at radius 1 is 1.21 bits per heavy atom.